The monoisotopic (exact) mass is 539 g/mol. The third kappa shape index (κ3) is 6.56. The van der Waals surface area contributed by atoms with Crippen molar-refractivity contribution in [1.82, 2.24) is 0 Å². The minimum atomic E-state index is -0.472. The Hall–Kier alpha value is -3.64. The van der Waals surface area contributed by atoms with Crippen LogP contribution >= 0.6 is 0 Å². The Labute approximate surface area is 236 Å². The van der Waals surface area contributed by atoms with Gasteiger partial charge in [0.05, 0.1) is 38.6 Å². The summed E-state index contributed by atoms with van der Waals surface area (Å²) in [5, 5.41) is 4.30. The molecule has 7 nitrogen and oxygen atoms in total. The van der Waals surface area contributed by atoms with E-state index in [0.29, 0.717) is 38.3 Å². The maximum Gasteiger partial charge on any atom is 0.139 e. The zero-order valence-corrected chi connectivity index (χ0v) is 23.0. The fraction of sp³-hybridized carbons (Fsp3) is 0.424. The summed E-state index contributed by atoms with van der Waals surface area (Å²) in [5.41, 5.74) is 12.5. The number of ether oxygens (including phenoxy) is 3. The minimum Gasteiger partial charge on any atom is -0.497 e. The van der Waals surface area contributed by atoms with E-state index >= 15 is 0 Å². The molecule has 0 aromatic heterocycles. The molecule has 0 N–H and O–H groups in total. The van der Waals surface area contributed by atoms with Gasteiger partial charge in [0.15, 0.2) is 0 Å². The molecule has 0 bridgehead atoms. The van der Waals surface area contributed by atoms with Gasteiger partial charge < -0.3 is 14.2 Å². The molecule has 0 aliphatic heterocycles. The van der Waals surface area contributed by atoms with Gasteiger partial charge in [-0.05, 0) is 66.5 Å². The van der Waals surface area contributed by atoms with E-state index in [1.54, 1.807) is 7.11 Å². The van der Waals surface area contributed by atoms with Crippen LogP contribution in [0.15, 0.2) is 90.0 Å². The normalized spacial score (nSPS) is 23.6. The molecule has 40 heavy (non-hydrogen) atoms. The molecule has 208 valence electrons. The van der Waals surface area contributed by atoms with Crippen LogP contribution in [0.3, 0.4) is 0 Å². The number of benzene rings is 3. The summed E-state index contributed by atoms with van der Waals surface area (Å²) in [6.45, 7) is 0.868. The molecule has 2 fully saturated rings. The second-order valence-corrected chi connectivity index (χ2v) is 11.0. The van der Waals surface area contributed by atoms with Crippen LogP contribution in [0, 0.1) is 11.3 Å². The highest BCUT2D eigenvalue weighted by Gasteiger charge is 2.53. The van der Waals surface area contributed by atoms with Crippen molar-refractivity contribution < 1.29 is 19.0 Å². The molecular formula is C33H37N3O4. The quantitative estimate of drug-likeness (QED) is 0.138. The van der Waals surface area contributed by atoms with Crippen molar-refractivity contribution in [2.45, 2.75) is 70.0 Å². The van der Waals surface area contributed by atoms with Crippen molar-refractivity contribution in [3.05, 3.63) is 112 Å². The zero-order valence-electron chi connectivity index (χ0n) is 23.0. The lowest BCUT2D eigenvalue weighted by Crippen LogP contribution is -2.53. The summed E-state index contributed by atoms with van der Waals surface area (Å²) in [6.07, 6.45) is 3.81. The first-order valence-corrected chi connectivity index (χ1v) is 14.1. The molecule has 1 spiro atoms. The minimum absolute atomic E-state index is 0.0980. The topological polar surface area (TPSA) is 93.5 Å². The Morgan fingerprint density at radius 2 is 1.60 bits per heavy atom. The molecule has 0 amide bonds. The standard InChI is InChI=1S/C33H37N3O4/c1-38-27-14-12-24(13-15-27)20-29(35-36-34)32(40-23-26-10-6-3-7-11-26)28-21-33(19-17-31(33)37)18-16-30(28)39-22-25-8-4-2-5-9-25/h2-15,28-30,32H,16-23H2,1H3/t28-,29-,30-,32-,33+/m0/s1. The third-order valence-corrected chi connectivity index (χ3v) is 8.63. The number of carbonyl (C=O) groups is 1. The van der Waals surface area contributed by atoms with Crippen LogP contribution in [0.1, 0.15) is 48.8 Å². The number of rotatable bonds is 12. The van der Waals surface area contributed by atoms with E-state index in [0.717, 1.165) is 41.7 Å². The van der Waals surface area contributed by atoms with Crippen LogP contribution < -0.4 is 4.74 Å². The summed E-state index contributed by atoms with van der Waals surface area (Å²) in [5.74, 6) is 1.02. The molecule has 2 saturated carbocycles. The molecule has 3 aromatic rings. The Bertz CT molecular complexity index is 1290. The molecule has 0 heterocycles. The summed E-state index contributed by atoms with van der Waals surface area (Å²) in [4.78, 5) is 16.2. The first-order chi connectivity index (χ1) is 19.6. The van der Waals surface area contributed by atoms with E-state index < -0.39 is 12.1 Å². The zero-order chi connectivity index (χ0) is 27.8. The lowest BCUT2D eigenvalue weighted by molar-refractivity contribution is -0.158. The second-order valence-electron chi connectivity index (χ2n) is 11.0. The van der Waals surface area contributed by atoms with Gasteiger partial charge in [-0.2, -0.15) is 0 Å². The van der Waals surface area contributed by atoms with Crippen molar-refractivity contribution in [2.24, 2.45) is 16.4 Å². The van der Waals surface area contributed by atoms with Crippen molar-refractivity contribution in [3.63, 3.8) is 0 Å². The molecule has 7 heteroatoms. The highest BCUT2D eigenvalue weighted by atomic mass is 16.5. The average Bonchev–Trinajstić information content (AvgIpc) is 3.01. The predicted molar refractivity (Wildman–Crippen MR) is 154 cm³/mol. The van der Waals surface area contributed by atoms with Crippen LogP contribution in [-0.4, -0.2) is 31.1 Å². The number of carbonyl (C=O) groups excluding carboxylic acids is 1. The van der Waals surface area contributed by atoms with E-state index in [9.17, 15) is 10.3 Å². The number of Topliss-reactive ketones (excluding diaryl/α,β-unsaturated/α-hetero) is 1. The van der Waals surface area contributed by atoms with Gasteiger partial charge in [-0.3, -0.25) is 4.79 Å². The van der Waals surface area contributed by atoms with Crippen LogP contribution in [0.2, 0.25) is 0 Å². The summed E-state index contributed by atoms with van der Waals surface area (Å²) >= 11 is 0. The van der Waals surface area contributed by atoms with Gasteiger partial charge >= 0.3 is 0 Å². The van der Waals surface area contributed by atoms with Gasteiger partial charge in [-0.1, -0.05) is 77.9 Å². The van der Waals surface area contributed by atoms with Gasteiger partial charge in [-0.25, -0.2) is 0 Å². The maximum absolute atomic E-state index is 12.9. The van der Waals surface area contributed by atoms with Gasteiger partial charge in [0, 0.05) is 22.7 Å². The lowest BCUT2D eigenvalue weighted by Gasteiger charge is -2.51. The average molecular weight is 540 g/mol. The highest BCUT2D eigenvalue weighted by Crippen LogP contribution is 2.53. The Balaban J connectivity index is 1.45. The molecular weight excluding hydrogens is 502 g/mol. The van der Waals surface area contributed by atoms with Crippen LogP contribution in [0.4, 0.5) is 0 Å². The van der Waals surface area contributed by atoms with Gasteiger partial charge in [0.2, 0.25) is 0 Å². The van der Waals surface area contributed by atoms with Crippen LogP contribution in [0.25, 0.3) is 10.4 Å². The number of azide groups is 1. The summed E-state index contributed by atoms with van der Waals surface area (Å²) in [6, 6.07) is 27.5. The third-order valence-electron chi connectivity index (χ3n) is 8.63. The Morgan fingerprint density at radius 1 is 0.925 bits per heavy atom. The van der Waals surface area contributed by atoms with Crippen molar-refractivity contribution in [1.29, 1.82) is 0 Å². The van der Waals surface area contributed by atoms with Crippen molar-refractivity contribution in [3.8, 4) is 5.75 Å². The van der Waals surface area contributed by atoms with Crippen LogP contribution in [0.5, 0.6) is 5.75 Å². The smallest absolute Gasteiger partial charge is 0.139 e. The van der Waals surface area contributed by atoms with E-state index in [4.69, 9.17) is 14.2 Å². The number of ketones is 1. The van der Waals surface area contributed by atoms with Crippen molar-refractivity contribution >= 4 is 5.78 Å². The van der Waals surface area contributed by atoms with E-state index in [1.807, 2.05) is 72.8 Å². The van der Waals surface area contributed by atoms with E-state index in [1.165, 1.54) is 0 Å². The predicted octanol–water partition coefficient (Wildman–Crippen LogP) is 7.24. The van der Waals surface area contributed by atoms with E-state index in [-0.39, 0.29) is 17.4 Å². The highest BCUT2D eigenvalue weighted by molar-refractivity contribution is 5.90. The summed E-state index contributed by atoms with van der Waals surface area (Å²) in [7, 11) is 1.64. The first-order valence-electron chi connectivity index (χ1n) is 14.1. The van der Waals surface area contributed by atoms with Gasteiger partial charge in [0.1, 0.15) is 11.5 Å². The molecule has 0 unspecified atom stereocenters. The number of nitrogens with zero attached hydrogens (tertiary/aromatic N) is 3. The molecule has 0 radical (unpaired) electrons. The van der Waals surface area contributed by atoms with Crippen LogP contribution in [-0.2, 0) is 33.9 Å². The number of hydrogen-bond acceptors (Lipinski definition) is 5. The Kier molecular flexibility index (Phi) is 9.17. The molecule has 0 saturated heterocycles. The number of methoxy groups -OCH3 is 1. The fourth-order valence-electron chi connectivity index (χ4n) is 6.27. The molecule has 5 atom stereocenters. The SMILES string of the molecule is COc1ccc(C[C@H](N=[N+]=[N-])[C@@H](OCc2ccccc2)[C@H]2C[C@]3(CCC3=O)CC[C@@H]2OCc2ccccc2)cc1. The molecule has 3 aromatic carbocycles. The fourth-order valence-corrected chi connectivity index (χ4v) is 6.27. The van der Waals surface area contributed by atoms with E-state index in [2.05, 4.69) is 22.2 Å². The maximum atomic E-state index is 12.9. The summed E-state index contributed by atoms with van der Waals surface area (Å²) < 4.78 is 18.6. The Morgan fingerprint density at radius 3 is 2.17 bits per heavy atom. The molecule has 5 rings (SSSR count). The number of hydrogen-bond donors (Lipinski definition) is 0. The second kappa shape index (κ2) is 13.1. The first kappa shape index (κ1) is 27.9. The van der Waals surface area contributed by atoms with Crippen molar-refractivity contribution in [2.75, 3.05) is 7.11 Å². The lowest BCUT2D eigenvalue weighted by atomic mass is 9.55. The van der Waals surface area contributed by atoms with Gasteiger partial charge in [-0.15, -0.1) is 0 Å². The molecule has 2 aliphatic carbocycles. The molecule has 2 aliphatic rings. The largest absolute Gasteiger partial charge is 0.497 e. The van der Waals surface area contributed by atoms with Gasteiger partial charge in [0.25, 0.3) is 0 Å².